The van der Waals surface area contributed by atoms with Gasteiger partial charge in [0.25, 0.3) is 5.91 Å². The minimum Gasteiger partial charge on any atom is -0.478 e. The van der Waals surface area contributed by atoms with Gasteiger partial charge in [0.05, 0.1) is 17.3 Å². The van der Waals surface area contributed by atoms with Gasteiger partial charge in [0.1, 0.15) is 5.82 Å². The van der Waals surface area contributed by atoms with E-state index in [1.807, 2.05) is 0 Å². The summed E-state index contributed by atoms with van der Waals surface area (Å²) in [6.07, 6.45) is 2.72. The monoisotopic (exact) mass is 246 g/mol. The van der Waals surface area contributed by atoms with Crippen LogP contribution in [0.25, 0.3) is 0 Å². The normalized spacial score (nSPS) is 10.1. The highest BCUT2D eigenvalue weighted by molar-refractivity contribution is 6.04. The molecule has 0 aliphatic carbocycles. The number of carbonyl (C=O) groups is 2. The van der Waals surface area contributed by atoms with Crippen LogP contribution >= 0.6 is 0 Å². The Labute approximate surface area is 102 Å². The molecule has 0 aliphatic heterocycles. The molecule has 0 aliphatic rings. The lowest BCUT2D eigenvalue weighted by molar-refractivity contribution is 0.0696. The number of aromatic nitrogens is 3. The molecule has 92 valence electrons. The van der Waals surface area contributed by atoms with Gasteiger partial charge in [0, 0.05) is 11.9 Å². The molecule has 0 fully saturated rings. The first-order chi connectivity index (χ1) is 8.58. The fourth-order valence-electron chi connectivity index (χ4n) is 1.40. The van der Waals surface area contributed by atoms with Crippen LogP contribution in [0.1, 0.15) is 26.4 Å². The van der Waals surface area contributed by atoms with Gasteiger partial charge in [-0.05, 0) is 19.1 Å². The molecule has 0 aromatic carbocycles. The smallest absolute Gasteiger partial charge is 0.335 e. The molecule has 2 heterocycles. The largest absolute Gasteiger partial charge is 0.478 e. The lowest BCUT2D eigenvalue weighted by Crippen LogP contribution is -2.14. The Morgan fingerprint density at radius 1 is 1.44 bits per heavy atom. The summed E-state index contributed by atoms with van der Waals surface area (Å²) in [6.45, 7) is 1.71. The molecule has 0 bridgehead atoms. The minimum absolute atomic E-state index is 0.0595. The van der Waals surface area contributed by atoms with Crippen LogP contribution in [0.3, 0.4) is 0 Å². The first kappa shape index (κ1) is 11.8. The second kappa shape index (κ2) is 4.66. The summed E-state index contributed by atoms with van der Waals surface area (Å²) >= 11 is 0. The third-order valence-corrected chi connectivity index (χ3v) is 2.32. The van der Waals surface area contributed by atoms with Gasteiger partial charge in [-0.2, -0.15) is 5.10 Å². The van der Waals surface area contributed by atoms with Gasteiger partial charge in [-0.1, -0.05) is 0 Å². The number of aromatic carboxylic acids is 1. The second-order valence-corrected chi connectivity index (χ2v) is 3.60. The number of carboxylic acid groups (broad SMARTS) is 1. The Morgan fingerprint density at radius 2 is 2.22 bits per heavy atom. The average Bonchev–Trinajstić information content (AvgIpc) is 2.76. The molecule has 2 aromatic heterocycles. The number of pyridine rings is 1. The highest BCUT2D eigenvalue weighted by Gasteiger charge is 2.12. The number of amides is 1. The maximum absolute atomic E-state index is 11.8. The van der Waals surface area contributed by atoms with Gasteiger partial charge in [-0.15, -0.1) is 0 Å². The fourth-order valence-corrected chi connectivity index (χ4v) is 1.40. The van der Waals surface area contributed by atoms with Gasteiger partial charge in [0.15, 0.2) is 0 Å². The molecule has 0 saturated heterocycles. The Bertz CT molecular complexity index is 606. The molecule has 2 aromatic rings. The Hall–Kier alpha value is -2.70. The molecule has 7 heteroatoms. The first-order valence-corrected chi connectivity index (χ1v) is 5.08. The van der Waals surface area contributed by atoms with Crippen molar-refractivity contribution in [3.8, 4) is 0 Å². The van der Waals surface area contributed by atoms with Crippen molar-refractivity contribution in [2.24, 2.45) is 0 Å². The van der Waals surface area contributed by atoms with Crippen molar-refractivity contribution >= 4 is 17.7 Å². The van der Waals surface area contributed by atoms with E-state index in [9.17, 15) is 9.59 Å². The average molecular weight is 246 g/mol. The molecule has 0 unspecified atom stereocenters. The third-order valence-electron chi connectivity index (χ3n) is 2.32. The third kappa shape index (κ3) is 2.34. The summed E-state index contributed by atoms with van der Waals surface area (Å²) < 4.78 is 0. The predicted octanol–water partition coefficient (Wildman–Crippen LogP) is 1.06. The second-order valence-electron chi connectivity index (χ2n) is 3.60. The van der Waals surface area contributed by atoms with E-state index in [4.69, 9.17) is 5.11 Å². The van der Waals surface area contributed by atoms with Gasteiger partial charge in [-0.3, -0.25) is 9.89 Å². The summed E-state index contributed by atoms with van der Waals surface area (Å²) in [4.78, 5) is 26.5. The number of aryl methyl sites for hydroxylation is 1. The quantitative estimate of drug-likeness (QED) is 0.750. The molecule has 3 N–H and O–H groups in total. The highest BCUT2D eigenvalue weighted by Crippen LogP contribution is 2.10. The number of H-pyrrole nitrogens is 1. The SMILES string of the molecule is Cc1[nH]ncc1C(=O)Nc1cc(C(=O)O)ccn1. The molecular formula is C11H10N4O3. The van der Waals surface area contributed by atoms with E-state index < -0.39 is 11.9 Å². The molecule has 18 heavy (non-hydrogen) atoms. The maximum atomic E-state index is 11.8. The molecule has 7 nitrogen and oxygen atoms in total. The molecule has 0 atom stereocenters. The van der Waals surface area contributed by atoms with E-state index in [0.717, 1.165) is 0 Å². The van der Waals surface area contributed by atoms with Gasteiger partial charge >= 0.3 is 5.97 Å². The zero-order chi connectivity index (χ0) is 13.1. The number of nitrogens with one attached hydrogen (secondary N) is 2. The lowest BCUT2D eigenvalue weighted by Gasteiger charge is -2.04. The number of aromatic amines is 1. The van der Waals surface area contributed by atoms with Crippen LogP contribution in [0.15, 0.2) is 24.5 Å². The summed E-state index contributed by atoms with van der Waals surface area (Å²) in [5.41, 5.74) is 1.07. The molecular weight excluding hydrogens is 236 g/mol. The number of hydrogen-bond acceptors (Lipinski definition) is 4. The van der Waals surface area contributed by atoms with Crippen LogP contribution in [0, 0.1) is 6.92 Å². The van der Waals surface area contributed by atoms with Crippen molar-refractivity contribution in [2.75, 3.05) is 5.32 Å². The van der Waals surface area contributed by atoms with Crippen LogP contribution in [-0.2, 0) is 0 Å². The Kier molecular flexibility index (Phi) is 3.05. The zero-order valence-corrected chi connectivity index (χ0v) is 9.47. The van der Waals surface area contributed by atoms with E-state index >= 15 is 0 Å². The molecule has 0 radical (unpaired) electrons. The van der Waals surface area contributed by atoms with Crippen molar-refractivity contribution in [2.45, 2.75) is 6.92 Å². The topological polar surface area (TPSA) is 108 Å². The number of rotatable bonds is 3. The number of carbonyl (C=O) groups excluding carboxylic acids is 1. The fraction of sp³-hybridized carbons (Fsp3) is 0.0909. The van der Waals surface area contributed by atoms with Crippen LogP contribution in [-0.4, -0.2) is 32.2 Å². The number of carboxylic acids is 1. The van der Waals surface area contributed by atoms with Crippen LogP contribution in [0.4, 0.5) is 5.82 Å². The molecule has 1 amide bonds. The minimum atomic E-state index is -1.08. The van der Waals surface area contributed by atoms with Gasteiger partial charge in [0.2, 0.25) is 0 Å². The van der Waals surface area contributed by atoms with E-state index in [-0.39, 0.29) is 11.4 Å². The highest BCUT2D eigenvalue weighted by atomic mass is 16.4. The number of anilines is 1. The lowest BCUT2D eigenvalue weighted by atomic mass is 10.2. The van der Waals surface area contributed by atoms with Crippen molar-refractivity contribution in [3.63, 3.8) is 0 Å². The van der Waals surface area contributed by atoms with E-state index in [1.165, 1.54) is 24.5 Å². The van der Waals surface area contributed by atoms with Gasteiger partial charge < -0.3 is 10.4 Å². The first-order valence-electron chi connectivity index (χ1n) is 5.08. The van der Waals surface area contributed by atoms with Crippen molar-refractivity contribution < 1.29 is 14.7 Å². The summed E-state index contributed by atoms with van der Waals surface area (Å²) in [5, 5.41) is 17.7. The van der Waals surface area contributed by atoms with Crippen LogP contribution < -0.4 is 5.32 Å². The van der Waals surface area contributed by atoms with Gasteiger partial charge in [-0.25, -0.2) is 9.78 Å². The van der Waals surface area contributed by atoms with Crippen molar-refractivity contribution in [1.82, 2.24) is 15.2 Å². The Morgan fingerprint density at radius 3 is 2.83 bits per heavy atom. The maximum Gasteiger partial charge on any atom is 0.335 e. The van der Waals surface area contributed by atoms with Crippen LogP contribution in [0.5, 0.6) is 0 Å². The summed E-state index contributed by atoms with van der Waals surface area (Å²) in [7, 11) is 0. The van der Waals surface area contributed by atoms with E-state index in [0.29, 0.717) is 11.3 Å². The van der Waals surface area contributed by atoms with Crippen LogP contribution in [0.2, 0.25) is 0 Å². The number of nitrogens with zero attached hydrogens (tertiary/aromatic N) is 2. The summed E-state index contributed by atoms with van der Waals surface area (Å²) in [6, 6.07) is 2.64. The predicted molar refractivity (Wildman–Crippen MR) is 62.5 cm³/mol. The molecule has 0 saturated carbocycles. The van der Waals surface area contributed by atoms with Crippen molar-refractivity contribution in [3.05, 3.63) is 41.3 Å². The molecule has 0 spiro atoms. The zero-order valence-electron chi connectivity index (χ0n) is 9.47. The summed E-state index contributed by atoms with van der Waals surface area (Å²) in [5.74, 6) is -1.29. The van der Waals surface area contributed by atoms with E-state index in [1.54, 1.807) is 6.92 Å². The Balaban J connectivity index is 2.20. The van der Waals surface area contributed by atoms with Crippen molar-refractivity contribution in [1.29, 1.82) is 0 Å². The van der Waals surface area contributed by atoms with E-state index in [2.05, 4.69) is 20.5 Å². The standard InChI is InChI=1S/C11H10N4O3/c1-6-8(5-13-15-6)10(16)14-9-4-7(11(17)18)2-3-12-9/h2-5H,1H3,(H,13,15)(H,17,18)(H,12,14,16). The number of hydrogen-bond donors (Lipinski definition) is 3. The molecule has 2 rings (SSSR count).